The Morgan fingerprint density at radius 1 is 1.24 bits per heavy atom. The third kappa shape index (κ3) is 6.08. The molecule has 1 aliphatic rings. The summed E-state index contributed by atoms with van der Waals surface area (Å²) in [6.45, 7) is 2.06. The molecule has 1 saturated heterocycles. The molecule has 1 aliphatic heterocycles. The number of rotatable bonds is 8. The van der Waals surface area contributed by atoms with Gasteiger partial charge in [0.25, 0.3) is 0 Å². The first-order valence-electron chi connectivity index (χ1n) is 8.44. The van der Waals surface area contributed by atoms with Crippen molar-refractivity contribution in [3.8, 4) is 0 Å². The van der Waals surface area contributed by atoms with E-state index < -0.39 is 17.6 Å². The minimum atomic E-state index is -1.02. The SMILES string of the molecule is C[C@@H]1CC[C@H](CCC(=O)N(CCC(=O)O)Cc2ccc(F)c(F)c2)O1. The van der Waals surface area contributed by atoms with E-state index in [1.54, 1.807) is 0 Å². The first-order chi connectivity index (χ1) is 11.8. The molecule has 5 nitrogen and oxygen atoms in total. The maximum Gasteiger partial charge on any atom is 0.305 e. The standard InChI is InChI=1S/C18H23F2NO4/c1-12-2-4-14(25-12)5-7-17(22)21(9-8-18(23)24)11-13-3-6-15(19)16(20)10-13/h3,6,10,12,14H,2,4-5,7-9,11H2,1H3,(H,23,24)/t12-,14-/m1/s1. The molecular formula is C18H23F2NO4. The van der Waals surface area contributed by atoms with E-state index in [1.165, 1.54) is 11.0 Å². The Balaban J connectivity index is 1.96. The van der Waals surface area contributed by atoms with Crippen LogP contribution in [-0.2, 0) is 20.9 Å². The molecule has 0 aromatic heterocycles. The Hall–Kier alpha value is -2.02. The van der Waals surface area contributed by atoms with Gasteiger partial charge >= 0.3 is 5.97 Å². The quantitative estimate of drug-likeness (QED) is 0.778. The molecule has 0 aliphatic carbocycles. The smallest absolute Gasteiger partial charge is 0.305 e. The highest BCUT2D eigenvalue weighted by Crippen LogP contribution is 2.23. The number of nitrogens with zero attached hydrogens (tertiary/aromatic N) is 1. The molecule has 1 heterocycles. The largest absolute Gasteiger partial charge is 0.481 e. The van der Waals surface area contributed by atoms with Crippen LogP contribution in [0.5, 0.6) is 0 Å². The molecule has 0 saturated carbocycles. The molecule has 1 amide bonds. The van der Waals surface area contributed by atoms with Crippen molar-refractivity contribution in [1.82, 2.24) is 4.90 Å². The number of carboxylic acids is 1. The number of carbonyl (C=O) groups excluding carboxylic acids is 1. The predicted octanol–water partition coefficient (Wildman–Crippen LogP) is 3.12. The van der Waals surface area contributed by atoms with Crippen LogP contribution >= 0.6 is 0 Å². The molecule has 0 unspecified atom stereocenters. The van der Waals surface area contributed by atoms with Crippen molar-refractivity contribution < 1.29 is 28.2 Å². The normalized spacial score (nSPS) is 19.8. The molecule has 1 N–H and O–H groups in total. The van der Waals surface area contributed by atoms with Crippen molar-refractivity contribution in [2.45, 2.75) is 57.8 Å². The van der Waals surface area contributed by atoms with E-state index in [4.69, 9.17) is 9.84 Å². The highest BCUT2D eigenvalue weighted by Gasteiger charge is 2.24. The van der Waals surface area contributed by atoms with E-state index in [-0.39, 0.29) is 44.0 Å². The number of carbonyl (C=O) groups is 2. The topological polar surface area (TPSA) is 66.8 Å². The number of halogens is 2. The average Bonchev–Trinajstić information content (AvgIpc) is 2.97. The summed E-state index contributed by atoms with van der Waals surface area (Å²) >= 11 is 0. The van der Waals surface area contributed by atoms with Crippen molar-refractivity contribution in [3.05, 3.63) is 35.4 Å². The third-order valence-corrected chi connectivity index (χ3v) is 4.31. The maximum absolute atomic E-state index is 13.3. The molecule has 1 aromatic carbocycles. The van der Waals surface area contributed by atoms with E-state index in [9.17, 15) is 18.4 Å². The summed E-state index contributed by atoms with van der Waals surface area (Å²) in [7, 11) is 0. The maximum atomic E-state index is 13.3. The molecule has 2 atom stereocenters. The number of ether oxygens (including phenoxy) is 1. The summed E-state index contributed by atoms with van der Waals surface area (Å²) in [6.07, 6.45) is 2.73. The fourth-order valence-electron chi connectivity index (χ4n) is 2.92. The summed E-state index contributed by atoms with van der Waals surface area (Å²) in [6, 6.07) is 3.41. The summed E-state index contributed by atoms with van der Waals surface area (Å²) in [4.78, 5) is 24.6. The summed E-state index contributed by atoms with van der Waals surface area (Å²) in [5, 5.41) is 8.85. The Morgan fingerprint density at radius 3 is 2.60 bits per heavy atom. The second-order valence-electron chi connectivity index (χ2n) is 6.39. The number of carboxylic acid groups (broad SMARTS) is 1. The molecule has 0 spiro atoms. The van der Waals surface area contributed by atoms with Gasteiger partial charge in [0.15, 0.2) is 11.6 Å². The molecule has 1 fully saturated rings. The molecule has 138 valence electrons. The minimum Gasteiger partial charge on any atom is -0.481 e. The fourth-order valence-corrected chi connectivity index (χ4v) is 2.92. The van der Waals surface area contributed by atoms with Crippen LogP contribution in [0.1, 0.15) is 44.6 Å². The van der Waals surface area contributed by atoms with Crippen molar-refractivity contribution >= 4 is 11.9 Å². The number of benzene rings is 1. The van der Waals surface area contributed by atoms with Crippen molar-refractivity contribution in [2.75, 3.05) is 6.54 Å². The van der Waals surface area contributed by atoms with Gasteiger partial charge in [-0.05, 0) is 43.9 Å². The van der Waals surface area contributed by atoms with Gasteiger partial charge in [0.2, 0.25) is 5.91 Å². The van der Waals surface area contributed by atoms with Crippen LogP contribution in [0.2, 0.25) is 0 Å². The molecule has 7 heteroatoms. The van der Waals surface area contributed by atoms with Crippen LogP contribution < -0.4 is 0 Å². The molecular weight excluding hydrogens is 332 g/mol. The zero-order valence-corrected chi connectivity index (χ0v) is 14.2. The Kier molecular flexibility index (Phi) is 6.87. The van der Waals surface area contributed by atoms with E-state index in [2.05, 4.69) is 0 Å². The van der Waals surface area contributed by atoms with Crippen molar-refractivity contribution in [1.29, 1.82) is 0 Å². The lowest BCUT2D eigenvalue weighted by Gasteiger charge is -2.23. The first kappa shape index (κ1) is 19.3. The Bertz CT molecular complexity index is 623. The van der Waals surface area contributed by atoms with Gasteiger partial charge in [-0.1, -0.05) is 6.07 Å². The second kappa shape index (κ2) is 8.89. The summed E-state index contributed by atoms with van der Waals surface area (Å²) < 4.78 is 32.1. The van der Waals surface area contributed by atoms with Gasteiger partial charge in [-0.2, -0.15) is 0 Å². The van der Waals surface area contributed by atoms with Gasteiger partial charge in [-0.25, -0.2) is 8.78 Å². The van der Waals surface area contributed by atoms with E-state index in [0.717, 1.165) is 25.0 Å². The number of aliphatic carboxylic acids is 1. The fraction of sp³-hybridized carbons (Fsp3) is 0.556. The number of amides is 1. The molecule has 25 heavy (non-hydrogen) atoms. The van der Waals surface area contributed by atoms with Gasteiger partial charge in [-0.15, -0.1) is 0 Å². The lowest BCUT2D eigenvalue weighted by atomic mass is 10.1. The summed E-state index contributed by atoms with van der Waals surface area (Å²) in [5.41, 5.74) is 0.420. The molecule has 1 aromatic rings. The van der Waals surface area contributed by atoms with Crippen molar-refractivity contribution in [2.24, 2.45) is 0 Å². The van der Waals surface area contributed by atoms with Gasteiger partial charge in [0.1, 0.15) is 0 Å². The Labute approximate surface area is 145 Å². The van der Waals surface area contributed by atoms with E-state index in [1.807, 2.05) is 6.92 Å². The highest BCUT2D eigenvalue weighted by molar-refractivity contribution is 5.77. The first-order valence-corrected chi connectivity index (χ1v) is 8.44. The van der Waals surface area contributed by atoms with Crippen LogP contribution in [0.3, 0.4) is 0 Å². The van der Waals surface area contributed by atoms with Crippen molar-refractivity contribution in [3.63, 3.8) is 0 Å². The van der Waals surface area contributed by atoms with Crippen LogP contribution in [0.25, 0.3) is 0 Å². The lowest BCUT2D eigenvalue weighted by molar-refractivity contribution is -0.139. The van der Waals surface area contributed by atoms with E-state index >= 15 is 0 Å². The van der Waals surface area contributed by atoms with E-state index in [0.29, 0.717) is 12.0 Å². The minimum absolute atomic E-state index is 0.0229. The number of hydrogen-bond donors (Lipinski definition) is 1. The monoisotopic (exact) mass is 355 g/mol. The number of hydrogen-bond acceptors (Lipinski definition) is 3. The van der Waals surface area contributed by atoms with Crippen LogP contribution in [0.15, 0.2) is 18.2 Å². The third-order valence-electron chi connectivity index (χ3n) is 4.31. The van der Waals surface area contributed by atoms with Crippen LogP contribution in [0.4, 0.5) is 8.78 Å². The zero-order chi connectivity index (χ0) is 18.4. The highest BCUT2D eigenvalue weighted by atomic mass is 19.2. The van der Waals surface area contributed by atoms with Gasteiger partial charge in [0, 0.05) is 19.5 Å². The van der Waals surface area contributed by atoms with Gasteiger partial charge < -0.3 is 14.7 Å². The average molecular weight is 355 g/mol. The van der Waals surface area contributed by atoms with Gasteiger partial charge in [-0.3, -0.25) is 9.59 Å². The van der Waals surface area contributed by atoms with Gasteiger partial charge in [0.05, 0.1) is 18.6 Å². The summed E-state index contributed by atoms with van der Waals surface area (Å²) in [5.74, 6) is -3.18. The lowest BCUT2D eigenvalue weighted by Crippen LogP contribution is -2.33. The zero-order valence-electron chi connectivity index (χ0n) is 14.2. The predicted molar refractivity (Wildman–Crippen MR) is 86.8 cm³/mol. The molecule has 2 rings (SSSR count). The second-order valence-corrected chi connectivity index (χ2v) is 6.39. The Morgan fingerprint density at radius 2 is 2.00 bits per heavy atom. The van der Waals surface area contributed by atoms with Crippen LogP contribution in [0, 0.1) is 11.6 Å². The van der Waals surface area contributed by atoms with Crippen LogP contribution in [-0.4, -0.2) is 40.6 Å². The molecule has 0 bridgehead atoms. The molecule has 0 radical (unpaired) electrons.